The topological polar surface area (TPSA) is 25.2 Å². The second-order valence-electron chi connectivity index (χ2n) is 4.57. The maximum Gasteiger partial charge on any atom is 0.125 e. The summed E-state index contributed by atoms with van der Waals surface area (Å²) in [4.78, 5) is 0. The van der Waals surface area contributed by atoms with Gasteiger partial charge in [-0.1, -0.05) is 32.0 Å². The van der Waals surface area contributed by atoms with Crippen LogP contribution in [0.2, 0.25) is 0 Å². The molecule has 0 bridgehead atoms. The van der Waals surface area contributed by atoms with Crippen molar-refractivity contribution in [1.82, 2.24) is 5.32 Å². The van der Waals surface area contributed by atoms with Crippen molar-refractivity contribution >= 4 is 22.6 Å². The first-order valence-corrected chi connectivity index (χ1v) is 7.90. The van der Waals surface area contributed by atoms with Gasteiger partial charge in [0, 0.05) is 9.99 Å². The molecule has 0 saturated carbocycles. The molecule has 2 nitrogen and oxygen atoms in total. The third-order valence-corrected chi connectivity index (χ3v) is 4.11. The summed E-state index contributed by atoms with van der Waals surface area (Å²) in [6, 6.07) is 12.8. The summed E-state index contributed by atoms with van der Waals surface area (Å²) < 4.78 is 7.20. The Morgan fingerprint density at radius 1 is 1.16 bits per heavy atom. The molecule has 0 aliphatic carbocycles. The van der Waals surface area contributed by atoms with Crippen LogP contribution >= 0.6 is 22.6 Å². The van der Waals surface area contributed by atoms with Crippen LogP contribution < -0.4 is 5.32 Å². The monoisotopic (exact) mass is 369 g/mol. The first-order chi connectivity index (χ1) is 9.26. The van der Waals surface area contributed by atoms with Crippen molar-refractivity contribution in [2.75, 3.05) is 6.54 Å². The molecule has 0 fully saturated rings. The minimum atomic E-state index is 0.147. The van der Waals surface area contributed by atoms with Crippen molar-refractivity contribution in [3.63, 3.8) is 0 Å². The summed E-state index contributed by atoms with van der Waals surface area (Å²) in [6.07, 6.45) is 2.05. The van der Waals surface area contributed by atoms with Crippen molar-refractivity contribution < 1.29 is 4.42 Å². The van der Waals surface area contributed by atoms with Gasteiger partial charge in [-0.3, -0.25) is 0 Å². The number of furan rings is 1. The molecule has 0 aliphatic rings. The maximum absolute atomic E-state index is 5.94. The maximum atomic E-state index is 5.94. The van der Waals surface area contributed by atoms with Crippen LogP contribution in [0.4, 0.5) is 0 Å². The van der Waals surface area contributed by atoms with Crippen molar-refractivity contribution in [3.05, 3.63) is 57.1 Å². The Balaban J connectivity index is 2.32. The Morgan fingerprint density at radius 2 is 1.95 bits per heavy atom. The predicted molar refractivity (Wildman–Crippen MR) is 87.4 cm³/mol. The first-order valence-electron chi connectivity index (χ1n) is 6.82. The van der Waals surface area contributed by atoms with Crippen molar-refractivity contribution in [3.8, 4) is 0 Å². The number of hydrogen-bond donors (Lipinski definition) is 1. The molecule has 0 aliphatic heterocycles. The van der Waals surface area contributed by atoms with E-state index < -0.39 is 0 Å². The van der Waals surface area contributed by atoms with Crippen molar-refractivity contribution in [1.29, 1.82) is 0 Å². The molecule has 0 amide bonds. The van der Waals surface area contributed by atoms with E-state index in [1.54, 1.807) is 0 Å². The highest BCUT2D eigenvalue weighted by molar-refractivity contribution is 14.1. The number of benzene rings is 1. The smallest absolute Gasteiger partial charge is 0.125 e. The van der Waals surface area contributed by atoms with Gasteiger partial charge in [-0.15, -0.1) is 0 Å². The third kappa shape index (κ3) is 3.60. The van der Waals surface area contributed by atoms with Gasteiger partial charge in [-0.2, -0.15) is 0 Å². The van der Waals surface area contributed by atoms with Gasteiger partial charge in [-0.05, 0) is 59.3 Å². The fourth-order valence-electron chi connectivity index (χ4n) is 2.10. The van der Waals surface area contributed by atoms with Crippen LogP contribution in [0.3, 0.4) is 0 Å². The molecule has 1 atom stereocenters. The SMILES string of the molecule is CCCNC(c1ccc(CC)o1)c1ccccc1I. The van der Waals surface area contributed by atoms with Crippen molar-refractivity contribution in [2.24, 2.45) is 0 Å². The fourth-order valence-corrected chi connectivity index (χ4v) is 2.80. The molecule has 2 rings (SSSR count). The van der Waals surface area contributed by atoms with E-state index in [4.69, 9.17) is 4.42 Å². The lowest BCUT2D eigenvalue weighted by Gasteiger charge is -2.18. The lowest BCUT2D eigenvalue weighted by atomic mass is 10.0. The second-order valence-corrected chi connectivity index (χ2v) is 5.73. The molecule has 2 aromatic rings. The normalized spacial score (nSPS) is 12.6. The standard InChI is InChI=1S/C16H20INO/c1-3-11-18-16(13-7-5-6-8-14(13)17)15-10-9-12(4-2)19-15/h5-10,16,18H,3-4,11H2,1-2H3. The quantitative estimate of drug-likeness (QED) is 0.757. The highest BCUT2D eigenvalue weighted by atomic mass is 127. The van der Waals surface area contributed by atoms with Crippen LogP contribution in [0, 0.1) is 3.57 Å². The van der Waals surface area contributed by atoms with Gasteiger partial charge in [-0.25, -0.2) is 0 Å². The highest BCUT2D eigenvalue weighted by Crippen LogP contribution is 2.27. The van der Waals surface area contributed by atoms with Crippen LogP contribution in [-0.2, 0) is 6.42 Å². The average molecular weight is 369 g/mol. The van der Waals surface area contributed by atoms with Crippen LogP contribution in [0.5, 0.6) is 0 Å². The summed E-state index contributed by atoms with van der Waals surface area (Å²) >= 11 is 2.39. The number of aryl methyl sites for hydroxylation is 1. The van der Waals surface area contributed by atoms with E-state index in [0.717, 1.165) is 30.9 Å². The molecular formula is C16H20INO. The number of halogens is 1. The summed E-state index contributed by atoms with van der Waals surface area (Å²) in [7, 11) is 0. The number of hydrogen-bond acceptors (Lipinski definition) is 2. The zero-order chi connectivity index (χ0) is 13.7. The lowest BCUT2D eigenvalue weighted by molar-refractivity contribution is 0.421. The highest BCUT2D eigenvalue weighted by Gasteiger charge is 2.19. The first kappa shape index (κ1) is 14.6. The molecule has 19 heavy (non-hydrogen) atoms. The van der Waals surface area contributed by atoms with Gasteiger partial charge in [0.05, 0.1) is 6.04 Å². The Kier molecular flexibility index (Phi) is 5.45. The van der Waals surface area contributed by atoms with Crippen molar-refractivity contribution in [2.45, 2.75) is 32.7 Å². The molecule has 1 aromatic carbocycles. The third-order valence-electron chi connectivity index (χ3n) is 3.13. The Morgan fingerprint density at radius 3 is 2.58 bits per heavy atom. The molecule has 102 valence electrons. The van der Waals surface area contributed by atoms with Gasteiger partial charge in [0.1, 0.15) is 11.5 Å². The summed E-state index contributed by atoms with van der Waals surface area (Å²) in [5.74, 6) is 2.05. The summed E-state index contributed by atoms with van der Waals surface area (Å²) in [5, 5.41) is 3.58. The van der Waals surface area contributed by atoms with Crippen LogP contribution in [0.25, 0.3) is 0 Å². The second kappa shape index (κ2) is 7.10. The molecule has 0 spiro atoms. The lowest BCUT2D eigenvalue weighted by Crippen LogP contribution is -2.23. The minimum Gasteiger partial charge on any atom is -0.464 e. The van der Waals surface area contributed by atoms with Crippen LogP contribution in [0.1, 0.15) is 43.4 Å². The molecule has 1 heterocycles. The number of nitrogens with one attached hydrogen (secondary N) is 1. The zero-order valence-corrected chi connectivity index (χ0v) is 13.6. The minimum absolute atomic E-state index is 0.147. The predicted octanol–water partition coefficient (Wildman–Crippen LogP) is 4.54. The molecule has 1 aromatic heterocycles. The van der Waals surface area contributed by atoms with Crippen LogP contribution in [-0.4, -0.2) is 6.54 Å². The van der Waals surface area contributed by atoms with Gasteiger partial charge < -0.3 is 9.73 Å². The van der Waals surface area contributed by atoms with Gasteiger partial charge in [0.25, 0.3) is 0 Å². The van der Waals surface area contributed by atoms with Gasteiger partial charge in [0.15, 0.2) is 0 Å². The van der Waals surface area contributed by atoms with E-state index in [-0.39, 0.29) is 6.04 Å². The van der Waals surface area contributed by atoms with E-state index in [1.165, 1.54) is 9.13 Å². The summed E-state index contributed by atoms with van der Waals surface area (Å²) in [5.41, 5.74) is 1.29. The van der Waals surface area contributed by atoms with E-state index >= 15 is 0 Å². The van der Waals surface area contributed by atoms with E-state index in [2.05, 4.69) is 78.2 Å². The number of rotatable bonds is 6. The fraction of sp³-hybridized carbons (Fsp3) is 0.375. The Labute approximate surface area is 128 Å². The summed E-state index contributed by atoms with van der Waals surface area (Å²) in [6.45, 7) is 5.28. The molecular weight excluding hydrogens is 349 g/mol. The molecule has 0 radical (unpaired) electrons. The molecule has 1 unspecified atom stereocenters. The molecule has 1 N–H and O–H groups in total. The average Bonchev–Trinajstić information content (AvgIpc) is 2.90. The largest absolute Gasteiger partial charge is 0.464 e. The molecule has 3 heteroatoms. The van der Waals surface area contributed by atoms with E-state index in [1.807, 2.05) is 0 Å². The van der Waals surface area contributed by atoms with E-state index in [9.17, 15) is 0 Å². The van der Waals surface area contributed by atoms with Crippen LogP contribution in [0.15, 0.2) is 40.8 Å². The molecule has 0 saturated heterocycles. The van der Waals surface area contributed by atoms with Gasteiger partial charge >= 0.3 is 0 Å². The Bertz CT molecular complexity index is 521. The van der Waals surface area contributed by atoms with Gasteiger partial charge in [0.2, 0.25) is 0 Å². The zero-order valence-electron chi connectivity index (χ0n) is 11.4. The van der Waals surface area contributed by atoms with E-state index in [0.29, 0.717) is 0 Å². The Hall–Kier alpha value is -0.810.